The zero-order valence-corrected chi connectivity index (χ0v) is 8.29. The van der Waals surface area contributed by atoms with E-state index in [1.807, 2.05) is 13.1 Å². The first kappa shape index (κ1) is 10.4. The molecule has 0 aliphatic rings. The third-order valence-electron chi connectivity index (χ3n) is 1.42. The van der Waals surface area contributed by atoms with Crippen molar-refractivity contribution in [3.63, 3.8) is 0 Å². The van der Waals surface area contributed by atoms with E-state index >= 15 is 0 Å². The third-order valence-corrected chi connectivity index (χ3v) is 2.51. The standard InChI is InChI=1S/C8H13N3OS/c1-9-4-7(12)5-13-8-2-3-10-6-11-8/h2-3,6-7,9,12H,4-5H2,1H3. The lowest BCUT2D eigenvalue weighted by molar-refractivity contribution is 0.199. The maximum absolute atomic E-state index is 9.38. The van der Waals surface area contributed by atoms with Crippen molar-refractivity contribution in [3.05, 3.63) is 18.6 Å². The number of aliphatic hydroxyl groups excluding tert-OH is 1. The average Bonchev–Trinajstić information content (AvgIpc) is 2.17. The fourth-order valence-electron chi connectivity index (χ4n) is 0.840. The lowest BCUT2D eigenvalue weighted by Gasteiger charge is -2.07. The van der Waals surface area contributed by atoms with Crippen LogP contribution >= 0.6 is 11.8 Å². The summed E-state index contributed by atoms with van der Waals surface area (Å²) in [5.41, 5.74) is 0. The molecule has 4 nitrogen and oxygen atoms in total. The molecule has 1 aromatic rings. The molecule has 1 atom stereocenters. The molecule has 0 aromatic carbocycles. The molecule has 1 heterocycles. The van der Waals surface area contributed by atoms with Gasteiger partial charge in [0.05, 0.1) is 11.1 Å². The Morgan fingerprint density at radius 2 is 2.54 bits per heavy atom. The van der Waals surface area contributed by atoms with Crippen LogP contribution in [0.4, 0.5) is 0 Å². The van der Waals surface area contributed by atoms with E-state index in [-0.39, 0.29) is 6.10 Å². The van der Waals surface area contributed by atoms with Gasteiger partial charge < -0.3 is 10.4 Å². The van der Waals surface area contributed by atoms with Crippen LogP contribution in [-0.2, 0) is 0 Å². The van der Waals surface area contributed by atoms with Gasteiger partial charge in [-0.25, -0.2) is 9.97 Å². The number of nitrogens with zero attached hydrogens (tertiary/aromatic N) is 2. The molecule has 0 fully saturated rings. The zero-order valence-electron chi connectivity index (χ0n) is 7.47. The first-order valence-electron chi connectivity index (χ1n) is 4.04. The van der Waals surface area contributed by atoms with Gasteiger partial charge in [-0.1, -0.05) is 0 Å². The van der Waals surface area contributed by atoms with Gasteiger partial charge in [0, 0.05) is 18.5 Å². The quantitative estimate of drug-likeness (QED) is 0.522. The molecule has 0 aliphatic carbocycles. The van der Waals surface area contributed by atoms with Crippen LogP contribution in [0.25, 0.3) is 0 Å². The Labute approximate surface area is 81.8 Å². The topological polar surface area (TPSA) is 58.0 Å². The van der Waals surface area contributed by atoms with E-state index < -0.39 is 0 Å². The number of likely N-dealkylation sites (N-methyl/N-ethyl adjacent to an activating group) is 1. The highest BCUT2D eigenvalue weighted by molar-refractivity contribution is 7.99. The van der Waals surface area contributed by atoms with E-state index in [2.05, 4.69) is 15.3 Å². The molecule has 0 saturated heterocycles. The van der Waals surface area contributed by atoms with Gasteiger partial charge in [0.1, 0.15) is 6.33 Å². The van der Waals surface area contributed by atoms with Crippen molar-refractivity contribution in [2.75, 3.05) is 19.3 Å². The molecule has 72 valence electrons. The Balaban J connectivity index is 2.27. The number of hydrogen-bond donors (Lipinski definition) is 2. The van der Waals surface area contributed by atoms with E-state index in [4.69, 9.17) is 0 Å². The lowest BCUT2D eigenvalue weighted by atomic mass is 10.4. The van der Waals surface area contributed by atoms with Crippen LogP contribution in [0.3, 0.4) is 0 Å². The number of aromatic nitrogens is 2. The highest BCUT2D eigenvalue weighted by Crippen LogP contribution is 2.13. The van der Waals surface area contributed by atoms with E-state index in [1.165, 1.54) is 18.1 Å². The van der Waals surface area contributed by atoms with E-state index in [0.717, 1.165) is 5.03 Å². The molecule has 2 N–H and O–H groups in total. The van der Waals surface area contributed by atoms with Crippen molar-refractivity contribution < 1.29 is 5.11 Å². The fraction of sp³-hybridized carbons (Fsp3) is 0.500. The van der Waals surface area contributed by atoms with E-state index in [0.29, 0.717) is 12.3 Å². The average molecular weight is 199 g/mol. The summed E-state index contributed by atoms with van der Waals surface area (Å²) in [5.74, 6) is 0.651. The molecule has 1 unspecified atom stereocenters. The summed E-state index contributed by atoms with van der Waals surface area (Å²) in [6.07, 6.45) is 2.87. The molecule has 1 aromatic heterocycles. The summed E-state index contributed by atoms with van der Waals surface area (Å²) in [6.45, 7) is 0.609. The van der Waals surface area contributed by atoms with Crippen LogP contribution in [0.5, 0.6) is 0 Å². The molecule has 13 heavy (non-hydrogen) atoms. The van der Waals surface area contributed by atoms with Crippen LogP contribution in [0.1, 0.15) is 0 Å². The van der Waals surface area contributed by atoms with Gasteiger partial charge >= 0.3 is 0 Å². The number of thioether (sulfide) groups is 1. The monoisotopic (exact) mass is 199 g/mol. The van der Waals surface area contributed by atoms with Gasteiger partial charge in [-0.15, -0.1) is 11.8 Å². The second-order valence-corrected chi connectivity index (χ2v) is 3.61. The van der Waals surface area contributed by atoms with E-state index in [9.17, 15) is 5.11 Å². The van der Waals surface area contributed by atoms with Gasteiger partial charge in [-0.3, -0.25) is 0 Å². The van der Waals surface area contributed by atoms with Gasteiger partial charge in [-0.2, -0.15) is 0 Å². The summed E-state index contributed by atoms with van der Waals surface area (Å²) in [4.78, 5) is 7.84. The molecule has 0 radical (unpaired) electrons. The maximum atomic E-state index is 9.38. The van der Waals surface area contributed by atoms with Crippen LogP contribution in [0.15, 0.2) is 23.6 Å². The Morgan fingerprint density at radius 3 is 3.15 bits per heavy atom. The minimum absolute atomic E-state index is 0.329. The number of aliphatic hydroxyl groups is 1. The van der Waals surface area contributed by atoms with Crippen molar-refractivity contribution in [1.29, 1.82) is 0 Å². The maximum Gasteiger partial charge on any atom is 0.116 e. The van der Waals surface area contributed by atoms with Crippen molar-refractivity contribution >= 4 is 11.8 Å². The SMILES string of the molecule is CNCC(O)CSc1ccncn1. The van der Waals surface area contributed by atoms with Gasteiger partial charge in [0.15, 0.2) is 0 Å². The molecule has 0 aliphatic heterocycles. The largest absolute Gasteiger partial charge is 0.391 e. The van der Waals surface area contributed by atoms with Gasteiger partial charge in [0.25, 0.3) is 0 Å². The molecule has 0 amide bonds. The van der Waals surface area contributed by atoms with Crippen LogP contribution in [-0.4, -0.2) is 40.5 Å². The minimum atomic E-state index is -0.329. The number of hydrogen-bond acceptors (Lipinski definition) is 5. The summed E-state index contributed by atoms with van der Waals surface area (Å²) in [5, 5.41) is 13.2. The van der Waals surface area contributed by atoms with Crippen LogP contribution in [0, 0.1) is 0 Å². The zero-order chi connectivity index (χ0) is 9.52. The van der Waals surface area contributed by atoms with Crippen molar-refractivity contribution in [3.8, 4) is 0 Å². The van der Waals surface area contributed by atoms with E-state index in [1.54, 1.807) is 6.20 Å². The highest BCUT2D eigenvalue weighted by Gasteiger charge is 2.03. The predicted octanol–water partition coefficient (Wildman–Crippen LogP) is 0.149. The molecular formula is C8H13N3OS. The Bertz CT molecular complexity index is 232. The smallest absolute Gasteiger partial charge is 0.116 e. The first-order chi connectivity index (χ1) is 6.33. The van der Waals surface area contributed by atoms with Crippen molar-refractivity contribution in [2.24, 2.45) is 0 Å². The van der Waals surface area contributed by atoms with Gasteiger partial charge in [0.2, 0.25) is 0 Å². The van der Waals surface area contributed by atoms with Crippen molar-refractivity contribution in [1.82, 2.24) is 15.3 Å². The number of nitrogens with one attached hydrogen (secondary N) is 1. The normalized spacial score (nSPS) is 12.8. The summed E-state index contributed by atoms with van der Waals surface area (Å²) >= 11 is 1.53. The Morgan fingerprint density at radius 1 is 1.69 bits per heavy atom. The fourth-order valence-corrected chi connectivity index (χ4v) is 1.60. The molecule has 0 saturated carbocycles. The molecule has 1 rings (SSSR count). The van der Waals surface area contributed by atoms with Gasteiger partial charge in [-0.05, 0) is 13.1 Å². The second kappa shape index (κ2) is 5.90. The highest BCUT2D eigenvalue weighted by atomic mass is 32.2. The summed E-state index contributed by atoms with van der Waals surface area (Å²) < 4.78 is 0. The summed E-state index contributed by atoms with van der Waals surface area (Å²) in [6, 6.07) is 1.83. The number of rotatable bonds is 5. The van der Waals surface area contributed by atoms with Crippen molar-refractivity contribution in [2.45, 2.75) is 11.1 Å². The lowest BCUT2D eigenvalue weighted by Crippen LogP contribution is -2.25. The van der Waals surface area contributed by atoms with Crippen LogP contribution < -0.4 is 5.32 Å². The second-order valence-electron chi connectivity index (χ2n) is 2.57. The first-order valence-corrected chi connectivity index (χ1v) is 5.03. The molecular weight excluding hydrogens is 186 g/mol. The Hall–Kier alpha value is -0.650. The molecule has 5 heteroatoms. The Kier molecular flexibility index (Phi) is 4.74. The molecule has 0 spiro atoms. The summed E-state index contributed by atoms with van der Waals surface area (Å²) in [7, 11) is 1.82. The van der Waals surface area contributed by atoms with Crippen LogP contribution in [0.2, 0.25) is 0 Å². The molecule has 0 bridgehead atoms. The third kappa shape index (κ3) is 4.21. The predicted molar refractivity (Wildman–Crippen MR) is 52.7 cm³/mol. The minimum Gasteiger partial charge on any atom is -0.391 e.